The van der Waals surface area contributed by atoms with E-state index in [9.17, 15) is 0 Å². The summed E-state index contributed by atoms with van der Waals surface area (Å²) in [6.45, 7) is 4.10. The van der Waals surface area contributed by atoms with Crippen molar-refractivity contribution in [2.75, 3.05) is 25.0 Å². The molecule has 0 saturated carbocycles. The maximum absolute atomic E-state index is 8.74. The zero-order valence-corrected chi connectivity index (χ0v) is 9.79. The molecule has 16 heavy (non-hydrogen) atoms. The lowest BCUT2D eigenvalue weighted by atomic mass is 10.0. The van der Waals surface area contributed by atoms with Crippen LogP contribution in [-0.2, 0) is 12.8 Å². The van der Waals surface area contributed by atoms with Crippen LogP contribution in [0.15, 0.2) is 18.2 Å². The highest BCUT2D eigenvalue weighted by molar-refractivity contribution is 5.56. The summed E-state index contributed by atoms with van der Waals surface area (Å²) in [7, 11) is 0. The molecule has 0 amide bonds. The number of aliphatic hydroxyl groups is 1. The summed E-state index contributed by atoms with van der Waals surface area (Å²) in [5, 5.41) is 15.4. The van der Waals surface area contributed by atoms with E-state index in [1.165, 1.54) is 16.8 Å². The summed E-state index contributed by atoms with van der Waals surface area (Å²) < 4.78 is 0. The first kappa shape index (κ1) is 11.4. The van der Waals surface area contributed by atoms with Crippen LogP contribution in [0.3, 0.4) is 0 Å². The average Bonchev–Trinajstić information content (AvgIpc) is 2.73. The minimum Gasteiger partial charge on any atom is -0.395 e. The Morgan fingerprint density at radius 2 is 2.38 bits per heavy atom. The molecule has 0 spiro atoms. The fourth-order valence-electron chi connectivity index (χ4n) is 2.22. The number of aliphatic hydroxyl groups excluding tert-OH is 1. The van der Waals surface area contributed by atoms with Crippen molar-refractivity contribution in [3.63, 3.8) is 0 Å². The van der Waals surface area contributed by atoms with Crippen LogP contribution in [0, 0.1) is 0 Å². The quantitative estimate of drug-likeness (QED) is 0.698. The van der Waals surface area contributed by atoms with Gasteiger partial charge in [0.15, 0.2) is 0 Å². The molecule has 0 radical (unpaired) electrons. The summed E-state index contributed by atoms with van der Waals surface area (Å²) in [4.78, 5) is 0. The zero-order chi connectivity index (χ0) is 11.4. The third-order valence-corrected chi connectivity index (χ3v) is 3.03. The summed E-state index contributed by atoms with van der Waals surface area (Å²) in [5.74, 6) is 0. The van der Waals surface area contributed by atoms with E-state index in [2.05, 4.69) is 35.8 Å². The predicted octanol–water partition coefficient (Wildman–Crippen LogP) is 1.17. The molecule has 1 atom stereocenters. The smallest absolute Gasteiger partial charge is 0.0556 e. The van der Waals surface area contributed by atoms with Crippen LogP contribution in [0.25, 0.3) is 0 Å². The zero-order valence-electron chi connectivity index (χ0n) is 9.79. The van der Waals surface area contributed by atoms with Crippen molar-refractivity contribution in [3.05, 3.63) is 29.3 Å². The van der Waals surface area contributed by atoms with Crippen LogP contribution < -0.4 is 10.6 Å². The lowest BCUT2D eigenvalue weighted by Gasteiger charge is -2.13. The molecule has 1 aromatic carbocycles. The Hall–Kier alpha value is -1.06. The maximum atomic E-state index is 8.74. The second-order valence-corrected chi connectivity index (χ2v) is 4.45. The Kier molecular flexibility index (Phi) is 3.80. The largest absolute Gasteiger partial charge is 0.395 e. The van der Waals surface area contributed by atoms with Crippen LogP contribution in [0.4, 0.5) is 5.69 Å². The van der Waals surface area contributed by atoms with Gasteiger partial charge in [0.1, 0.15) is 0 Å². The van der Waals surface area contributed by atoms with Gasteiger partial charge >= 0.3 is 0 Å². The first-order valence-corrected chi connectivity index (χ1v) is 5.99. The highest BCUT2D eigenvalue weighted by Crippen LogP contribution is 2.23. The molecule has 3 nitrogen and oxygen atoms in total. The average molecular weight is 220 g/mol. The van der Waals surface area contributed by atoms with E-state index < -0.39 is 0 Å². The summed E-state index contributed by atoms with van der Waals surface area (Å²) >= 11 is 0. The van der Waals surface area contributed by atoms with E-state index >= 15 is 0 Å². The van der Waals surface area contributed by atoms with Crippen molar-refractivity contribution < 1.29 is 5.11 Å². The van der Waals surface area contributed by atoms with Gasteiger partial charge in [-0.3, -0.25) is 0 Å². The third-order valence-electron chi connectivity index (χ3n) is 3.03. The van der Waals surface area contributed by atoms with E-state index in [0.717, 1.165) is 19.4 Å². The monoisotopic (exact) mass is 220 g/mol. The van der Waals surface area contributed by atoms with Gasteiger partial charge in [-0.25, -0.2) is 0 Å². The van der Waals surface area contributed by atoms with Crippen LogP contribution in [0.2, 0.25) is 0 Å². The topological polar surface area (TPSA) is 44.3 Å². The van der Waals surface area contributed by atoms with Crippen LogP contribution in [0.1, 0.15) is 18.1 Å². The van der Waals surface area contributed by atoms with Crippen LogP contribution in [-0.4, -0.2) is 30.8 Å². The highest BCUT2D eigenvalue weighted by atomic mass is 16.3. The molecule has 1 aliphatic heterocycles. The van der Waals surface area contributed by atoms with Gasteiger partial charge in [0, 0.05) is 24.8 Å². The fourth-order valence-corrected chi connectivity index (χ4v) is 2.22. The van der Waals surface area contributed by atoms with Gasteiger partial charge in [-0.1, -0.05) is 12.1 Å². The molecule has 3 heteroatoms. The molecule has 1 heterocycles. The van der Waals surface area contributed by atoms with Crippen molar-refractivity contribution in [2.45, 2.75) is 25.8 Å². The fraction of sp³-hybridized carbons (Fsp3) is 0.538. The summed E-state index contributed by atoms with van der Waals surface area (Å²) in [5.41, 5.74) is 4.10. The second kappa shape index (κ2) is 5.32. The summed E-state index contributed by atoms with van der Waals surface area (Å²) in [6, 6.07) is 7.08. The lowest BCUT2D eigenvalue weighted by molar-refractivity contribution is 0.285. The second-order valence-electron chi connectivity index (χ2n) is 4.45. The van der Waals surface area contributed by atoms with E-state index in [4.69, 9.17) is 5.11 Å². The van der Waals surface area contributed by atoms with Crippen molar-refractivity contribution in [2.24, 2.45) is 0 Å². The van der Waals surface area contributed by atoms with Gasteiger partial charge in [-0.05, 0) is 37.0 Å². The molecule has 0 aliphatic carbocycles. The lowest BCUT2D eigenvalue weighted by Crippen LogP contribution is -2.30. The third kappa shape index (κ3) is 2.74. The van der Waals surface area contributed by atoms with Crippen molar-refractivity contribution in [1.82, 2.24) is 5.32 Å². The maximum Gasteiger partial charge on any atom is 0.0556 e. The number of hydrogen-bond donors (Lipinski definition) is 3. The van der Waals surface area contributed by atoms with Crippen molar-refractivity contribution in [1.29, 1.82) is 0 Å². The van der Waals surface area contributed by atoms with Gasteiger partial charge in [-0.2, -0.15) is 0 Å². The molecule has 2 rings (SSSR count). The molecule has 0 fully saturated rings. The number of anilines is 1. The number of fused-ring (bicyclic) bond motifs is 1. The first-order valence-electron chi connectivity index (χ1n) is 5.99. The van der Waals surface area contributed by atoms with Gasteiger partial charge < -0.3 is 15.7 Å². The standard InChI is InChI=1S/C13H20N2O/c1-10(14-6-7-16)8-11-2-3-13-12(9-11)4-5-15-13/h2-3,9-10,14-16H,4-8H2,1H3. The van der Waals surface area contributed by atoms with Crippen molar-refractivity contribution >= 4 is 5.69 Å². The van der Waals surface area contributed by atoms with Gasteiger partial charge in [-0.15, -0.1) is 0 Å². The van der Waals surface area contributed by atoms with E-state index in [0.29, 0.717) is 12.6 Å². The molecular formula is C13H20N2O. The Morgan fingerprint density at radius 3 is 3.19 bits per heavy atom. The molecule has 0 saturated heterocycles. The number of hydrogen-bond acceptors (Lipinski definition) is 3. The van der Waals surface area contributed by atoms with Crippen LogP contribution in [0.5, 0.6) is 0 Å². The normalized spacial score (nSPS) is 15.6. The number of benzene rings is 1. The van der Waals surface area contributed by atoms with E-state index in [1.54, 1.807) is 0 Å². The minimum atomic E-state index is 0.207. The number of nitrogens with one attached hydrogen (secondary N) is 2. The SMILES string of the molecule is CC(Cc1ccc2c(c1)CCN2)NCCO. The molecule has 1 aliphatic rings. The minimum absolute atomic E-state index is 0.207. The van der Waals surface area contributed by atoms with Gasteiger partial charge in [0.2, 0.25) is 0 Å². The first-order chi connectivity index (χ1) is 7.79. The highest BCUT2D eigenvalue weighted by Gasteiger charge is 2.10. The predicted molar refractivity (Wildman–Crippen MR) is 66.9 cm³/mol. The molecule has 1 unspecified atom stereocenters. The Morgan fingerprint density at radius 1 is 1.50 bits per heavy atom. The molecule has 0 aromatic heterocycles. The Labute approximate surface area is 96.9 Å². The van der Waals surface area contributed by atoms with Crippen molar-refractivity contribution in [3.8, 4) is 0 Å². The molecule has 3 N–H and O–H groups in total. The Bertz CT molecular complexity index is 352. The molecule has 1 aromatic rings. The van der Waals surface area contributed by atoms with E-state index in [-0.39, 0.29) is 6.61 Å². The van der Waals surface area contributed by atoms with Gasteiger partial charge in [0.25, 0.3) is 0 Å². The molecule has 0 bridgehead atoms. The number of rotatable bonds is 5. The van der Waals surface area contributed by atoms with Crippen LogP contribution >= 0.6 is 0 Å². The molecular weight excluding hydrogens is 200 g/mol. The summed E-state index contributed by atoms with van der Waals surface area (Å²) in [6.07, 6.45) is 2.16. The van der Waals surface area contributed by atoms with Gasteiger partial charge in [0.05, 0.1) is 6.61 Å². The Balaban J connectivity index is 1.94. The van der Waals surface area contributed by atoms with E-state index in [1.807, 2.05) is 0 Å². The molecule has 88 valence electrons.